The SMILES string of the molecule is CO[SiH](CCCN(CCN)CCN)O[Si](OC)(OC)OC. The zero-order valence-electron chi connectivity index (χ0n) is 13.7. The molecule has 1 unspecified atom stereocenters. The fourth-order valence-electron chi connectivity index (χ4n) is 1.96. The Kier molecular flexibility index (Phi) is 12.7. The van der Waals surface area contributed by atoms with Crippen LogP contribution in [0.4, 0.5) is 0 Å². The highest BCUT2D eigenvalue weighted by Crippen LogP contribution is 2.13. The van der Waals surface area contributed by atoms with Crippen molar-refractivity contribution in [1.82, 2.24) is 4.90 Å². The third kappa shape index (κ3) is 8.35. The Bertz CT molecular complexity index is 236. The topological polar surface area (TPSA) is 101 Å². The Labute approximate surface area is 130 Å². The molecule has 0 amide bonds. The molecule has 0 aliphatic carbocycles. The minimum Gasteiger partial charge on any atom is -0.400 e. The molecule has 4 N–H and O–H groups in total. The van der Waals surface area contributed by atoms with Crippen molar-refractivity contribution in [3.63, 3.8) is 0 Å². The number of rotatable bonds is 14. The molecule has 0 rings (SSSR count). The average Bonchev–Trinajstić information content (AvgIpc) is 2.51. The molecule has 0 heterocycles. The van der Waals surface area contributed by atoms with Crippen LogP contribution in [0.15, 0.2) is 0 Å². The lowest BCUT2D eigenvalue weighted by Gasteiger charge is -2.27. The normalized spacial score (nSPS) is 13.9. The zero-order chi connectivity index (χ0) is 16.1. The summed E-state index contributed by atoms with van der Waals surface area (Å²) in [4.78, 5) is 2.24. The van der Waals surface area contributed by atoms with Crippen molar-refractivity contribution < 1.29 is 21.8 Å². The number of nitrogens with zero attached hydrogens (tertiary/aromatic N) is 1. The van der Waals surface area contributed by atoms with Gasteiger partial charge in [0.1, 0.15) is 0 Å². The molecule has 0 bridgehead atoms. The van der Waals surface area contributed by atoms with Gasteiger partial charge >= 0.3 is 18.3 Å². The molecule has 1 atom stereocenters. The minimum atomic E-state index is -3.03. The smallest absolute Gasteiger partial charge is 0.400 e. The van der Waals surface area contributed by atoms with Crippen molar-refractivity contribution in [2.24, 2.45) is 11.5 Å². The van der Waals surface area contributed by atoms with Gasteiger partial charge in [0.25, 0.3) is 0 Å². The fourth-order valence-corrected chi connectivity index (χ4v) is 6.51. The Morgan fingerprint density at radius 3 is 1.81 bits per heavy atom. The molecule has 0 aromatic rings. The van der Waals surface area contributed by atoms with Gasteiger partial charge in [-0.25, -0.2) is 0 Å². The van der Waals surface area contributed by atoms with Crippen molar-refractivity contribution >= 4 is 18.3 Å². The van der Waals surface area contributed by atoms with E-state index in [0.717, 1.165) is 32.1 Å². The van der Waals surface area contributed by atoms with E-state index in [-0.39, 0.29) is 0 Å². The van der Waals surface area contributed by atoms with Crippen LogP contribution >= 0.6 is 0 Å². The summed E-state index contributed by atoms with van der Waals surface area (Å²) in [6.45, 7) is 3.89. The van der Waals surface area contributed by atoms with E-state index in [0.29, 0.717) is 13.1 Å². The second-order valence-electron chi connectivity index (χ2n) is 4.46. The summed E-state index contributed by atoms with van der Waals surface area (Å²) in [6, 6.07) is 0.840. The van der Waals surface area contributed by atoms with E-state index in [1.165, 1.54) is 21.3 Å². The summed E-state index contributed by atoms with van der Waals surface area (Å²) in [5, 5.41) is 0. The lowest BCUT2D eigenvalue weighted by atomic mass is 10.4. The van der Waals surface area contributed by atoms with E-state index >= 15 is 0 Å². The Hall–Kier alpha value is 0.114. The molecular weight excluding hydrogens is 310 g/mol. The van der Waals surface area contributed by atoms with Gasteiger partial charge in [-0.15, -0.1) is 0 Å². The highest BCUT2D eigenvalue weighted by Gasteiger charge is 2.44. The standard InChI is InChI=1S/C11H31N3O5Si2/c1-15-20(19-21(16-2,17-3)18-4)11-5-8-14(9-6-12)10-7-13/h20H,5-13H2,1-4H3. The van der Waals surface area contributed by atoms with Crippen LogP contribution in [0, 0.1) is 0 Å². The van der Waals surface area contributed by atoms with E-state index in [2.05, 4.69) is 4.90 Å². The maximum Gasteiger partial charge on any atom is 0.669 e. The van der Waals surface area contributed by atoms with Gasteiger partial charge in [0, 0.05) is 54.6 Å². The third-order valence-electron chi connectivity index (χ3n) is 3.09. The predicted molar refractivity (Wildman–Crippen MR) is 86.0 cm³/mol. The first kappa shape index (κ1) is 21.1. The molecule has 10 heteroatoms. The molecule has 0 fully saturated rings. The summed E-state index contributed by atoms with van der Waals surface area (Å²) in [5.74, 6) is 0. The van der Waals surface area contributed by atoms with Gasteiger partial charge in [-0.1, -0.05) is 0 Å². The van der Waals surface area contributed by atoms with Gasteiger partial charge in [-0.3, -0.25) is 0 Å². The summed E-state index contributed by atoms with van der Waals surface area (Å²) >= 11 is 0. The summed E-state index contributed by atoms with van der Waals surface area (Å²) in [6.07, 6.45) is 0.951. The van der Waals surface area contributed by atoms with Gasteiger partial charge < -0.3 is 38.2 Å². The Morgan fingerprint density at radius 2 is 1.43 bits per heavy atom. The van der Waals surface area contributed by atoms with E-state index < -0.39 is 18.3 Å². The van der Waals surface area contributed by atoms with Crippen molar-refractivity contribution in [3.8, 4) is 0 Å². The quantitative estimate of drug-likeness (QED) is 0.382. The van der Waals surface area contributed by atoms with E-state index in [1.807, 2.05) is 0 Å². The van der Waals surface area contributed by atoms with E-state index in [1.54, 1.807) is 7.11 Å². The highest BCUT2D eigenvalue weighted by atomic mass is 28.5. The van der Waals surface area contributed by atoms with E-state index in [9.17, 15) is 0 Å². The minimum absolute atomic E-state index is 0.634. The van der Waals surface area contributed by atoms with E-state index in [4.69, 9.17) is 33.3 Å². The van der Waals surface area contributed by atoms with Crippen molar-refractivity contribution in [2.45, 2.75) is 12.5 Å². The zero-order valence-corrected chi connectivity index (χ0v) is 15.8. The summed E-state index contributed by atoms with van der Waals surface area (Å²) in [7, 11) is 1.28. The van der Waals surface area contributed by atoms with Crippen molar-refractivity contribution in [3.05, 3.63) is 0 Å². The number of hydrogen-bond acceptors (Lipinski definition) is 8. The van der Waals surface area contributed by atoms with Crippen LogP contribution in [0.1, 0.15) is 6.42 Å². The van der Waals surface area contributed by atoms with Gasteiger partial charge in [-0.05, 0) is 19.0 Å². The van der Waals surface area contributed by atoms with Gasteiger partial charge in [0.2, 0.25) is 0 Å². The van der Waals surface area contributed by atoms with Crippen LogP contribution in [0.25, 0.3) is 0 Å². The fraction of sp³-hybridized carbons (Fsp3) is 1.00. The third-order valence-corrected chi connectivity index (χ3v) is 8.21. The van der Waals surface area contributed by atoms with Crippen LogP contribution in [0.2, 0.25) is 6.04 Å². The van der Waals surface area contributed by atoms with Crippen LogP contribution in [-0.4, -0.2) is 84.4 Å². The number of nitrogens with two attached hydrogens (primary N) is 2. The second kappa shape index (κ2) is 12.6. The molecule has 0 saturated heterocycles. The molecule has 0 spiro atoms. The van der Waals surface area contributed by atoms with Crippen LogP contribution in [0.5, 0.6) is 0 Å². The maximum absolute atomic E-state index is 5.86. The lowest BCUT2D eigenvalue weighted by Crippen LogP contribution is -2.51. The first-order valence-electron chi connectivity index (χ1n) is 7.09. The monoisotopic (exact) mass is 341 g/mol. The molecule has 0 radical (unpaired) electrons. The first-order valence-corrected chi connectivity index (χ1v) is 10.5. The molecule has 128 valence electrons. The molecular formula is C11H31N3O5Si2. The van der Waals surface area contributed by atoms with Crippen LogP contribution in [0.3, 0.4) is 0 Å². The molecule has 21 heavy (non-hydrogen) atoms. The Balaban J connectivity index is 4.25. The largest absolute Gasteiger partial charge is 0.669 e. The van der Waals surface area contributed by atoms with Gasteiger partial charge in [-0.2, -0.15) is 0 Å². The van der Waals surface area contributed by atoms with Gasteiger partial charge in [0.05, 0.1) is 0 Å². The molecule has 0 aromatic carbocycles. The Morgan fingerprint density at radius 1 is 0.905 bits per heavy atom. The molecule has 0 aliphatic rings. The predicted octanol–water partition coefficient (Wildman–Crippen LogP) is -1.15. The first-order chi connectivity index (χ1) is 10.1. The average molecular weight is 342 g/mol. The highest BCUT2D eigenvalue weighted by molar-refractivity contribution is 6.64. The maximum atomic E-state index is 5.86. The van der Waals surface area contributed by atoms with Crippen molar-refractivity contribution in [2.75, 3.05) is 61.2 Å². The molecule has 0 aliphatic heterocycles. The van der Waals surface area contributed by atoms with Crippen LogP contribution < -0.4 is 11.5 Å². The van der Waals surface area contributed by atoms with Crippen LogP contribution in [-0.2, 0) is 21.8 Å². The second-order valence-corrected chi connectivity index (χ2v) is 9.53. The molecule has 0 saturated carbocycles. The van der Waals surface area contributed by atoms with Crippen molar-refractivity contribution in [1.29, 1.82) is 0 Å². The number of hydrogen-bond donors (Lipinski definition) is 2. The molecule has 0 aromatic heterocycles. The summed E-state index contributed by atoms with van der Waals surface area (Å²) in [5.41, 5.74) is 11.2. The molecule has 8 nitrogen and oxygen atoms in total. The van der Waals surface area contributed by atoms with Gasteiger partial charge in [0.15, 0.2) is 0 Å². The summed E-state index contributed by atoms with van der Waals surface area (Å²) < 4.78 is 27.1. The lowest BCUT2D eigenvalue weighted by molar-refractivity contribution is 0.0412.